The monoisotopic (exact) mass is 481 g/mol. The topological polar surface area (TPSA) is 81.1 Å². The molecule has 0 aliphatic rings. The molecule has 0 aliphatic carbocycles. The number of nitrogens with zero attached hydrogens (tertiary/aromatic N) is 3. The third-order valence-electron chi connectivity index (χ3n) is 4.86. The van der Waals surface area contributed by atoms with Crippen molar-refractivity contribution in [3.63, 3.8) is 0 Å². The molecule has 0 saturated carbocycles. The Kier molecular flexibility index (Phi) is 7.12. The number of hydrogen-bond donors (Lipinski definition) is 2. The third-order valence-corrected chi connectivity index (χ3v) is 5.37. The van der Waals surface area contributed by atoms with Gasteiger partial charge in [0.05, 0.1) is 12.7 Å². The number of carbonyl (C=O) groups is 1. The number of carbonyl (C=O) groups excluding carboxylic acids is 1. The zero-order valence-electron chi connectivity index (χ0n) is 17.8. The van der Waals surface area contributed by atoms with Crippen LogP contribution in [0.2, 0.25) is 10.0 Å². The lowest BCUT2D eigenvalue weighted by atomic mass is 10.2. The molecule has 0 amide bonds. The van der Waals surface area contributed by atoms with Crippen LogP contribution < -0.4 is 15.4 Å². The Labute approximate surface area is 201 Å². The van der Waals surface area contributed by atoms with Gasteiger partial charge in [0.2, 0.25) is 11.9 Å². The minimum Gasteiger partial charge on any atom is -0.496 e. The molecule has 7 nitrogen and oxygen atoms in total. The van der Waals surface area contributed by atoms with Crippen LogP contribution >= 0.6 is 23.2 Å². The van der Waals surface area contributed by atoms with Crippen LogP contribution in [0.3, 0.4) is 0 Å². The van der Waals surface area contributed by atoms with Gasteiger partial charge in [0.1, 0.15) is 5.75 Å². The number of methoxy groups -OCH3 is 1. The van der Waals surface area contributed by atoms with E-state index >= 15 is 0 Å². The fraction of sp³-hybridized carbons (Fsp3) is 0.125. The summed E-state index contributed by atoms with van der Waals surface area (Å²) in [6, 6.07) is 21.8. The van der Waals surface area contributed by atoms with Gasteiger partial charge in [-0.05, 0) is 47.5 Å². The Morgan fingerprint density at radius 3 is 2.06 bits per heavy atom. The minimum absolute atomic E-state index is 0.305. The number of nitrogens with one attached hydrogen (secondary N) is 2. The van der Waals surface area contributed by atoms with Gasteiger partial charge in [-0.2, -0.15) is 9.67 Å². The van der Waals surface area contributed by atoms with Gasteiger partial charge in [0.25, 0.3) is 5.91 Å². The molecule has 0 radical (unpaired) electrons. The van der Waals surface area contributed by atoms with Crippen molar-refractivity contribution in [2.24, 2.45) is 0 Å². The van der Waals surface area contributed by atoms with E-state index in [4.69, 9.17) is 27.9 Å². The second kappa shape index (κ2) is 10.4. The molecule has 3 aromatic carbocycles. The highest BCUT2D eigenvalue weighted by atomic mass is 35.5. The Bertz CT molecular complexity index is 1240. The zero-order chi connectivity index (χ0) is 23.2. The van der Waals surface area contributed by atoms with Gasteiger partial charge in [0.15, 0.2) is 0 Å². The molecule has 168 valence electrons. The van der Waals surface area contributed by atoms with Crippen LogP contribution in [0.5, 0.6) is 5.75 Å². The first-order valence-corrected chi connectivity index (χ1v) is 10.9. The van der Waals surface area contributed by atoms with Gasteiger partial charge in [0, 0.05) is 23.1 Å². The summed E-state index contributed by atoms with van der Waals surface area (Å²) in [7, 11) is 1.52. The number of benzene rings is 3. The standard InChI is InChI=1S/C24H21Cl2N5O2/c1-33-21-5-3-2-4-20(21)22(32)31-24(28-15-17-8-12-19(26)13-9-17)29-23(30-31)27-14-16-6-10-18(25)11-7-16/h2-13H,14-15H2,1H3,(H2,27,28,29,30). The number of anilines is 2. The largest absolute Gasteiger partial charge is 0.496 e. The van der Waals surface area contributed by atoms with Crippen LogP contribution in [-0.2, 0) is 13.1 Å². The highest BCUT2D eigenvalue weighted by Gasteiger charge is 2.20. The summed E-state index contributed by atoms with van der Waals surface area (Å²) in [5.74, 6) is 0.710. The van der Waals surface area contributed by atoms with E-state index in [0.29, 0.717) is 46.3 Å². The second-order valence-electron chi connectivity index (χ2n) is 7.14. The van der Waals surface area contributed by atoms with Crippen molar-refractivity contribution in [1.82, 2.24) is 14.8 Å². The number of rotatable bonds is 8. The first kappa shape index (κ1) is 22.6. The molecular weight excluding hydrogens is 461 g/mol. The van der Waals surface area contributed by atoms with E-state index < -0.39 is 0 Å². The highest BCUT2D eigenvalue weighted by molar-refractivity contribution is 6.30. The molecule has 0 saturated heterocycles. The van der Waals surface area contributed by atoms with Crippen LogP contribution in [0.15, 0.2) is 72.8 Å². The van der Waals surface area contributed by atoms with Crippen molar-refractivity contribution in [2.45, 2.75) is 13.1 Å². The van der Waals surface area contributed by atoms with E-state index in [0.717, 1.165) is 11.1 Å². The van der Waals surface area contributed by atoms with Crippen LogP contribution in [0.1, 0.15) is 21.5 Å². The Balaban J connectivity index is 1.59. The summed E-state index contributed by atoms with van der Waals surface area (Å²) in [6.45, 7) is 0.909. The predicted molar refractivity (Wildman–Crippen MR) is 130 cm³/mol. The van der Waals surface area contributed by atoms with Crippen LogP contribution in [0.4, 0.5) is 11.9 Å². The number of halogens is 2. The van der Waals surface area contributed by atoms with Crippen molar-refractivity contribution < 1.29 is 9.53 Å². The summed E-state index contributed by atoms with van der Waals surface area (Å²) in [5.41, 5.74) is 2.36. The SMILES string of the molecule is COc1ccccc1C(=O)n1nc(NCc2ccc(Cl)cc2)nc1NCc1ccc(Cl)cc1. The van der Waals surface area contributed by atoms with Crippen molar-refractivity contribution in [1.29, 1.82) is 0 Å². The Morgan fingerprint density at radius 1 is 0.879 bits per heavy atom. The number of para-hydroxylation sites is 1. The van der Waals surface area contributed by atoms with Crippen molar-refractivity contribution in [2.75, 3.05) is 17.7 Å². The van der Waals surface area contributed by atoms with Crippen molar-refractivity contribution >= 4 is 41.0 Å². The number of aromatic nitrogens is 3. The maximum Gasteiger partial charge on any atom is 0.285 e. The molecule has 0 aliphatic heterocycles. The van der Waals surface area contributed by atoms with E-state index in [1.165, 1.54) is 11.8 Å². The maximum atomic E-state index is 13.3. The first-order valence-electron chi connectivity index (χ1n) is 10.1. The Morgan fingerprint density at radius 2 is 1.45 bits per heavy atom. The normalized spacial score (nSPS) is 10.6. The van der Waals surface area contributed by atoms with Gasteiger partial charge in [-0.25, -0.2) is 0 Å². The molecule has 9 heteroatoms. The van der Waals surface area contributed by atoms with Gasteiger partial charge >= 0.3 is 0 Å². The summed E-state index contributed by atoms with van der Waals surface area (Å²) in [6.07, 6.45) is 0. The van der Waals surface area contributed by atoms with Crippen LogP contribution in [0.25, 0.3) is 0 Å². The lowest BCUT2D eigenvalue weighted by Gasteiger charge is -2.09. The summed E-state index contributed by atoms with van der Waals surface area (Å²) in [4.78, 5) is 17.8. The molecule has 0 spiro atoms. The molecular formula is C24H21Cl2N5O2. The lowest BCUT2D eigenvalue weighted by Crippen LogP contribution is -2.18. The Hall–Kier alpha value is -3.55. The fourth-order valence-corrected chi connectivity index (χ4v) is 3.40. The van der Waals surface area contributed by atoms with Crippen LogP contribution in [0, 0.1) is 0 Å². The van der Waals surface area contributed by atoms with Gasteiger partial charge in [-0.15, -0.1) is 5.10 Å². The van der Waals surface area contributed by atoms with Crippen LogP contribution in [-0.4, -0.2) is 27.8 Å². The quantitative estimate of drug-likeness (QED) is 0.345. The molecule has 4 rings (SSSR count). The predicted octanol–water partition coefficient (Wildman–Crippen LogP) is 5.51. The molecule has 2 N–H and O–H groups in total. The fourth-order valence-electron chi connectivity index (χ4n) is 3.15. The molecule has 1 aromatic heterocycles. The second-order valence-corrected chi connectivity index (χ2v) is 8.01. The minimum atomic E-state index is -0.363. The molecule has 0 bridgehead atoms. The van der Waals surface area contributed by atoms with E-state index in [2.05, 4.69) is 20.7 Å². The summed E-state index contributed by atoms with van der Waals surface area (Å²) >= 11 is 11.9. The first-order chi connectivity index (χ1) is 16.0. The molecule has 0 unspecified atom stereocenters. The van der Waals surface area contributed by atoms with E-state index in [-0.39, 0.29) is 5.91 Å². The molecule has 33 heavy (non-hydrogen) atoms. The van der Waals surface area contributed by atoms with Gasteiger partial charge < -0.3 is 15.4 Å². The molecule has 0 fully saturated rings. The van der Waals surface area contributed by atoms with E-state index in [1.54, 1.807) is 24.3 Å². The smallest absolute Gasteiger partial charge is 0.285 e. The van der Waals surface area contributed by atoms with E-state index in [9.17, 15) is 4.79 Å². The summed E-state index contributed by atoms with van der Waals surface area (Å²) in [5, 5.41) is 12.1. The lowest BCUT2D eigenvalue weighted by molar-refractivity contribution is 0.0944. The average Bonchev–Trinajstić information content (AvgIpc) is 3.26. The zero-order valence-corrected chi connectivity index (χ0v) is 19.3. The highest BCUT2D eigenvalue weighted by Crippen LogP contribution is 2.21. The number of ether oxygens (including phenoxy) is 1. The van der Waals surface area contributed by atoms with Gasteiger partial charge in [-0.3, -0.25) is 4.79 Å². The molecule has 0 atom stereocenters. The van der Waals surface area contributed by atoms with Gasteiger partial charge in [-0.1, -0.05) is 59.6 Å². The average molecular weight is 482 g/mol. The summed E-state index contributed by atoms with van der Waals surface area (Å²) < 4.78 is 6.58. The molecule has 4 aromatic rings. The van der Waals surface area contributed by atoms with E-state index in [1.807, 2.05) is 48.5 Å². The molecule has 1 heterocycles. The van der Waals surface area contributed by atoms with Crippen molar-refractivity contribution in [3.05, 3.63) is 99.5 Å². The third kappa shape index (κ3) is 5.63. The van der Waals surface area contributed by atoms with Crippen molar-refractivity contribution in [3.8, 4) is 5.75 Å². The number of hydrogen-bond acceptors (Lipinski definition) is 6. The maximum absolute atomic E-state index is 13.3.